The van der Waals surface area contributed by atoms with Crippen molar-refractivity contribution in [3.63, 3.8) is 0 Å². The molecule has 4 heteroatoms. The maximum atomic E-state index is 11.6. The van der Waals surface area contributed by atoms with Gasteiger partial charge in [0, 0.05) is 21.9 Å². The van der Waals surface area contributed by atoms with E-state index in [1.165, 1.54) is 20.9 Å². The largest absolute Gasteiger partial charge is 0.326 e. The molecule has 3 N–H and O–H groups in total. The van der Waals surface area contributed by atoms with Crippen molar-refractivity contribution >= 4 is 22.9 Å². The number of amides is 1. The number of anilines is 1. The van der Waals surface area contributed by atoms with Gasteiger partial charge in [-0.2, -0.15) is 0 Å². The van der Waals surface area contributed by atoms with Gasteiger partial charge in [0.25, 0.3) is 0 Å². The average Bonchev–Trinajstić information content (AvgIpc) is 2.68. The lowest BCUT2D eigenvalue weighted by Gasteiger charge is -2.14. The molecule has 1 aliphatic rings. The second-order valence-corrected chi connectivity index (χ2v) is 6.97. The number of thiophene rings is 1. The zero-order valence-corrected chi connectivity index (χ0v) is 13.2. The van der Waals surface area contributed by atoms with Crippen LogP contribution in [0.5, 0.6) is 0 Å². The monoisotopic (exact) mass is 300 g/mol. The molecule has 3 rings (SSSR count). The van der Waals surface area contributed by atoms with Gasteiger partial charge in [-0.05, 0) is 55.5 Å². The fraction of sp³-hybridized carbons (Fsp3) is 0.353. The smallest absolute Gasteiger partial charge is 0.224 e. The molecule has 1 aliphatic heterocycles. The van der Waals surface area contributed by atoms with E-state index in [2.05, 4.69) is 31.3 Å². The molecule has 0 spiro atoms. The molecular weight excluding hydrogens is 280 g/mol. The van der Waals surface area contributed by atoms with E-state index in [9.17, 15) is 4.79 Å². The summed E-state index contributed by atoms with van der Waals surface area (Å²) in [7, 11) is 0. The Labute approximate surface area is 129 Å². The Morgan fingerprint density at radius 1 is 1.24 bits per heavy atom. The normalized spacial score (nSPS) is 16.0. The third-order valence-corrected chi connectivity index (χ3v) is 5.34. The molecule has 0 saturated carbocycles. The highest BCUT2D eigenvalue weighted by molar-refractivity contribution is 7.12. The number of rotatable bonds is 2. The van der Waals surface area contributed by atoms with Gasteiger partial charge >= 0.3 is 0 Å². The molecule has 1 amide bonds. The van der Waals surface area contributed by atoms with Crippen LogP contribution in [0.1, 0.15) is 45.3 Å². The van der Waals surface area contributed by atoms with Crippen molar-refractivity contribution in [1.82, 2.24) is 0 Å². The molecule has 0 fully saturated rings. The van der Waals surface area contributed by atoms with Gasteiger partial charge in [-0.1, -0.05) is 12.1 Å². The first kappa shape index (κ1) is 14.3. The van der Waals surface area contributed by atoms with Gasteiger partial charge in [0.05, 0.1) is 6.04 Å². The summed E-state index contributed by atoms with van der Waals surface area (Å²) in [6, 6.07) is 8.25. The first-order valence-electron chi connectivity index (χ1n) is 7.30. The highest BCUT2D eigenvalue weighted by Gasteiger charge is 2.17. The maximum absolute atomic E-state index is 11.6. The first-order chi connectivity index (χ1) is 10.0. The third kappa shape index (κ3) is 2.87. The molecule has 3 nitrogen and oxygen atoms in total. The highest BCUT2D eigenvalue weighted by atomic mass is 32.1. The molecule has 1 unspecified atom stereocenters. The maximum Gasteiger partial charge on any atom is 0.224 e. The van der Waals surface area contributed by atoms with Gasteiger partial charge < -0.3 is 11.1 Å². The van der Waals surface area contributed by atoms with Crippen molar-refractivity contribution < 1.29 is 4.79 Å². The van der Waals surface area contributed by atoms with Crippen LogP contribution in [0.3, 0.4) is 0 Å². The fourth-order valence-electron chi connectivity index (χ4n) is 2.71. The van der Waals surface area contributed by atoms with E-state index in [4.69, 9.17) is 5.73 Å². The molecule has 1 aromatic carbocycles. The number of nitrogens with one attached hydrogen (secondary N) is 1. The molecule has 1 atom stereocenters. The number of nitrogens with two attached hydrogens (primary N) is 1. The molecular formula is C17H20N2OS. The lowest BCUT2D eigenvalue weighted by atomic mass is 9.99. The Balaban J connectivity index is 1.92. The molecule has 21 heavy (non-hydrogen) atoms. The summed E-state index contributed by atoms with van der Waals surface area (Å²) in [5.41, 5.74) is 11.0. The molecule has 0 radical (unpaired) electrons. The number of hydrogen-bond acceptors (Lipinski definition) is 3. The summed E-state index contributed by atoms with van der Waals surface area (Å²) in [5, 5.41) is 2.96. The van der Waals surface area contributed by atoms with Crippen LogP contribution in [0.15, 0.2) is 24.3 Å². The van der Waals surface area contributed by atoms with Gasteiger partial charge in [0.15, 0.2) is 0 Å². The summed E-state index contributed by atoms with van der Waals surface area (Å²) in [5.74, 6) is 0.107. The summed E-state index contributed by atoms with van der Waals surface area (Å²) in [6.45, 7) is 4.25. The first-order valence-corrected chi connectivity index (χ1v) is 8.11. The summed E-state index contributed by atoms with van der Waals surface area (Å²) in [6.07, 6.45) is 2.42. The molecule has 1 aromatic heterocycles. The fourth-order valence-corrected chi connectivity index (χ4v) is 3.78. The minimum Gasteiger partial charge on any atom is -0.326 e. The average molecular weight is 300 g/mol. The van der Waals surface area contributed by atoms with Crippen LogP contribution in [0, 0.1) is 13.8 Å². The summed E-state index contributed by atoms with van der Waals surface area (Å²) >= 11 is 1.76. The Hall–Kier alpha value is -1.65. The Morgan fingerprint density at radius 3 is 2.76 bits per heavy atom. The van der Waals surface area contributed by atoms with Crippen LogP contribution in [-0.4, -0.2) is 5.91 Å². The van der Waals surface area contributed by atoms with Gasteiger partial charge in [-0.25, -0.2) is 0 Å². The highest BCUT2D eigenvalue weighted by Crippen LogP contribution is 2.32. The Morgan fingerprint density at radius 2 is 2.05 bits per heavy atom. The second kappa shape index (κ2) is 5.62. The molecule has 0 saturated heterocycles. The summed E-state index contributed by atoms with van der Waals surface area (Å²) < 4.78 is 0. The predicted molar refractivity (Wildman–Crippen MR) is 87.8 cm³/mol. The van der Waals surface area contributed by atoms with Crippen LogP contribution in [0.4, 0.5) is 5.69 Å². The number of hydrogen-bond donors (Lipinski definition) is 2. The number of carbonyl (C=O) groups excluding carboxylic acids is 1. The minimum absolute atomic E-state index is 0.0911. The predicted octanol–water partition coefficient (Wildman–Crippen LogP) is 3.69. The number of carbonyl (C=O) groups is 1. The van der Waals surface area contributed by atoms with E-state index < -0.39 is 0 Å². The van der Waals surface area contributed by atoms with Crippen LogP contribution in [0.2, 0.25) is 0 Å². The zero-order valence-electron chi connectivity index (χ0n) is 12.4. The number of fused-ring (bicyclic) bond motifs is 1. The van der Waals surface area contributed by atoms with E-state index in [0.717, 1.165) is 24.1 Å². The zero-order chi connectivity index (χ0) is 15.0. The van der Waals surface area contributed by atoms with Crippen molar-refractivity contribution in [1.29, 1.82) is 0 Å². The molecule has 2 aromatic rings. The van der Waals surface area contributed by atoms with E-state index >= 15 is 0 Å². The van der Waals surface area contributed by atoms with E-state index in [1.807, 2.05) is 12.1 Å². The van der Waals surface area contributed by atoms with Gasteiger partial charge in [-0.3, -0.25) is 4.79 Å². The molecule has 110 valence electrons. The van der Waals surface area contributed by atoms with Crippen molar-refractivity contribution in [3.05, 3.63) is 50.7 Å². The van der Waals surface area contributed by atoms with Gasteiger partial charge in [-0.15, -0.1) is 11.3 Å². The van der Waals surface area contributed by atoms with Crippen LogP contribution < -0.4 is 11.1 Å². The van der Waals surface area contributed by atoms with Gasteiger partial charge in [0.1, 0.15) is 0 Å². The molecule has 0 aliphatic carbocycles. The number of aryl methyl sites for hydroxylation is 3. The lowest BCUT2D eigenvalue weighted by molar-refractivity contribution is -0.116. The molecule has 0 bridgehead atoms. The SMILES string of the molecule is Cc1cc(C(N)c2ccc3c(c2)CCCC(=O)N3)sc1C. The van der Waals surface area contributed by atoms with Crippen LogP contribution >= 0.6 is 11.3 Å². The lowest BCUT2D eigenvalue weighted by Crippen LogP contribution is -2.12. The van der Waals surface area contributed by atoms with E-state index in [-0.39, 0.29) is 11.9 Å². The van der Waals surface area contributed by atoms with Crippen LogP contribution in [0.25, 0.3) is 0 Å². The number of benzene rings is 1. The van der Waals surface area contributed by atoms with E-state index in [0.29, 0.717) is 6.42 Å². The Bertz CT molecular complexity index is 671. The van der Waals surface area contributed by atoms with E-state index in [1.54, 1.807) is 11.3 Å². The third-order valence-electron chi connectivity index (χ3n) is 4.10. The van der Waals surface area contributed by atoms with Crippen molar-refractivity contribution in [2.45, 2.75) is 39.2 Å². The minimum atomic E-state index is -0.0911. The van der Waals surface area contributed by atoms with Crippen molar-refractivity contribution in [2.75, 3.05) is 5.32 Å². The summed E-state index contributed by atoms with van der Waals surface area (Å²) in [4.78, 5) is 14.1. The van der Waals surface area contributed by atoms with Crippen LogP contribution in [-0.2, 0) is 11.2 Å². The standard InChI is InChI=1S/C17H20N2OS/c1-10-8-15(21-11(10)2)17(18)13-6-7-14-12(9-13)4-3-5-16(20)19-14/h6-9,17H,3-5,18H2,1-2H3,(H,19,20). The Kier molecular flexibility index (Phi) is 3.83. The van der Waals surface area contributed by atoms with Crippen molar-refractivity contribution in [2.24, 2.45) is 5.73 Å². The molecule has 2 heterocycles. The van der Waals surface area contributed by atoms with Crippen molar-refractivity contribution in [3.8, 4) is 0 Å². The quantitative estimate of drug-likeness (QED) is 0.888. The second-order valence-electron chi connectivity index (χ2n) is 5.68. The van der Waals surface area contributed by atoms with Gasteiger partial charge in [0.2, 0.25) is 5.91 Å². The topological polar surface area (TPSA) is 55.1 Å².